The van der Waals surface area contributed by atoms with E-state index in [9.17, 15) is 9.59 Å². The average molecular weight is 632 g/mol. The number of thiophene rings is 1. The lowest BCUT2D eigenvalue weighted by atomic mass is 9.88. The van der Waals surface area contributed by atoms with E-state index in [0.29, 0.717) is 50.8 Å². The molecule has 4 fully saturated rings. The van der Waals surface area contributed by atoms with Gasteiger partial charge in [-0.3, -0.25) is 14.5 Å². The van der Waals surface area contributed by atoms with E-state index < -0.39 is 5.41 Å². The molecule has 0 radical (unpaired) electrons. The van der Waals surface area contributed by atoms with Gasteiger partial charge in [-0.1, -0.05) is 17.2 Å². The second-order valence-electron chi connectivity index (χ2n) is 14.4. The zero-order valence-electron chi connectivity index (χ0n) is 27.5. The van der Waals surface area contributed by atoms with E-state index in [4.69, 9.17) is 4.74 Å². The monoisotopic (exact) mass is 631 g/mol. The van der Waals surface area contributed by atoms with Crippen molar-refractivity contribution >= 4 is 33.4 Å². The molecule has 0 atom stereocenters. The van der Waals surface area contributed by atoms with Gasteiger partial charge in [0.1, 0.15) is 4.83 Å². The van der Waals surface area contributed by atoms with Crippen LogP contribution in [0.1, 0.15) is 61.1 Å². The molecular weight excluding hydrogens is 582 g/mol. The van der Waals surface area contributed by atoms with E-state index in [1.807, 2.05) is 4.90 Å². The molecule has 0 spiro atoms. The number of aromatic amines is 1. The Kier molecular flexibility index (Phi) is 8.57. The van der Waals surface area contributed by atoms with Gasteiger partial charge in [0, 0.05) is 68.2 Å². The van der Waals surface area contributed by atoms with Crippen molar-refractivity contribution in [3.05, 3.63) is 45.8 Å². The second-order valence-corrected chi connectivity index (χ2v) is 15.4. The van der Waals surface area contributed by atoms with E-state index in [-0.39, 0.29) is 5.91 Å². The van der Waals surface area contributed by atoms with E-state index in [0.717, 1.165) is 44.0 Å². The highest BCUT2D eigenvalue weighted by Crippen LogP contribution is 2.44. The molecule has 2 amide bonds. The maximum absolute atomic E-state index is 14.0. The molecule has 0 aliphatic carbocycles. The molecule has 3 aromatic rings. The third-order valence-corrected chi connectivity index (χ3v) is 12.2. The molecule has 7 rings (SSSR count). The van der Waals surface area contributed by atoms with Gasteiger partial charge in [-0.05, 0) is 89.1 Å². The van der Waals surface area contributed by atoms with Gasteiger partial charge in [0.25, 0.3) is 0 Å². The van der Waals surface area contributed by atoms with Gasteiger partial charge in [0.05, 0.1) is 30.9 Å². The molecule has 8 nitrogen and oxygen atoms in total. The number of benzene rings is 1. The normalized spacial score (nSPS) is 23.0. The summed E-state index contributed by atoms with van der Waals surface area (Å²) in [7, 11) is 0. The van der Waals surface area contributed by atoms with Crippen LogP contribution in [0.15, 0.2) is 24.3 Å². The smallest absolute Gasteiger partial charge is 0.236 e. The van der Waals surface area contributed by atoms with Crippen LogP contribution in [0.5, 0.6) is 0 Å². The number of nitrogens with one attached hydrogen (secondary N) is 1. The summed E-state index contributed by atoms with van der Waals surface area (Å²) in [6, 6.07) is 10.0. The molecule has 1 aromatic carbocycles. The lowest BCUT2D eigenvalue weighted by molar-refractivity contribution is -0.137. The quantitative estimate of drug-likeness (QED) is 0.381. The van der Waals surface area contributed by atoms with Crippen LogP contribution in [0.3, 0.4) is 0 Å². The largest absolute Gasteiger partial charge is 0.378 e. The molecule has 6 heterocycles. The topological polar surface area (TPSA) is 72.1 Å². The minimum absolute atomic E-state index is 0.228. The zero-order chi connectivity index (χ0) is 31.3. The fourth-order valence-corrected chi connectivity index (χ4v) is 9.37. The van der Waals surface area contributed by atoms with Crippen molar-refractivity contribution in [3.8, 4) is 11.3 Å². The van der Waals surface area contributed by atoms with Crippen LogP contribution < -0.4 is 0 Å². The predicted molar refractivity (Wildman–Crippen MR) is 181 cm³/mol. The summed E-state index contributed by atoms with van der Waals surface area (Å²) in [5.74, 6) is 0.532. The molecule has 45 heavy (non-hydrogen) atoms. The van der Waals surface area contributed by atoms with Crippen LogP contribution in [-0.4, -0.2) is 114 Å². The average Bonchev–Trinajstić information content (AvgIpc) is 3.81. The number of carbonyl (C=O) groups is 2. The highest BCUT2D eigenvalue weighted by atomic mass is 32.1. The molecule has 2 bridgehead atoms. The van der Waals surface area contributed by atoms with Crippen molar-refractivity contribution in [2.45, 2.75) is 77.3 Å². The first-order valence-electron chi connectivity index (χ1n) is 17.0. The number of ether oxygens (including phenoxy) is 1. The lowest BCUT2D eigenvalue weighted by Gasteiger charge is -2.36. The van der Waals surface area contributed by atoms with Crippen molar-refractivity contribution < 1.29 is 14.3 Å². The number of piperazine rings is 1. The van der Waals surface area contributed by atoms with Crippen molar-refractivity contribution in [3.63, 3.8) is 0 Å². The summed E-state index contributed by atoms with van der Waals surface area (Å²) in [6.07, 6.45) is 5.61. The van der Waals surface area contributed by atoms with Crippen molar-refractivity contribution in [2.24, 2.45) is 0 Å². The summed E-state index contributed by atoms with van der Waals surface area (Å²) in [6.45, 7) is 16.6. The van der Waals surface area contributed by atoms with Gasteiger partial charge in [-0.25, -0.2) is 0 Å². The van der Waals surface area contributed by atoms with Gasteiger partial charge >= 0.3 is 0 Å². The van der Waals surface area contributed by atoms with Crippen LogP contribution in [0.4, 0.5) is 0 Å². The number of H-pyrrole nitrogens is 1. The number of morpholine rings is 1. The lowest BCUT2D eigenvalue weighted by Crippen LogP contribution is -2.51. The molecule has 242 valence electrons. The number of aryl methyl sites for hydroxylation is 2. The number of aromatic nitrogens is 1. The predicted octanol–water partition coefficient (Wildman–Crippen LogP) is 4.96. The first-order valence-corrected chi connectivity index (χ1v) is 17.9. The molecule has 4 aliphatic heterocycles. The Bertz CT molecular complexity index is 1520. The van der Waals surface area contributed by atoms with Crippen LogP contribution in [-0.2, 0) is 26.2 Å². The molecule has 9 heteroatoms. The van der Waals surface area contributed by atoms with Crippen LogP contribution in [0.25, 0.3) is 21.5 Å². The van der Waals surface area contributed by atoms with E-state index in [2.05, 4.69) is 71.6 Å². The Morgan fingerprint density at radius 1 is 0.889 bits per heavy atom. The molecule has 0 unspecified atom stereocenters. The van der Waals surface area contributed by atoms with Crippen LogP contribution in [0.2, 0.25) is 0 Å². The van der Waals surface area contributed by atoms with Crippen molar-refractivity contribution in [1.82, 2.24) is 24.6 Å². The van der Waals surface area contributed by atoms with Gasteiger partial charge in [0.15, 0.2) is 0 Å². The summed E-state index contributed by atoms with van der Waals surface area (Å²) in [5.41, 5.74) is 5.80. The molecular formula is C36H49N5O3S. The molecule has 4 aliphatic rings. The molecule has 1 N–H and O–H groups in total. The van der Waals surface area contributed by atoms with Crippen molar-refractivity contribution in [1.29, 1.82) is 0 Å². The summed E-state index contributed by atoms with van der Waals surface area (Å²) >= 11 is 1.76. The van der Waals surface area contributed by atoms with Gasteiger partial charge in [-0.15, -0.1) is 11.3 Å². The third kappa shape index (κ3) is 6.09. The Morgan fingerprint density at radius 2 is 1.51 bits per heavy atom. The van der Waals surface area contributed by atoms with Gasteiger partial charge in [-0.2, -0.15) is 0 Å². The van der Waals surface area contributed by atoms with E-state index in [1.54, 1.807) is 11.3 Å². The number of nitrogens with zero attached hydrogens (tertiary/aromatic N) is 4. The number of carbonyl (C=O) groups excluding carboxylic acids is 2. The molecule has 4 saturated heterocycles. The first kappa shape index (κ1) is 30.9. The Balaban J connectivity index is 1.09. The van der Waals surface area contributed by atoms with Crippen LogP contribution >= 0.6 is 11.3 Å². The highest BCUT2D eigenvalue weighted by molar-refractivity contribution is 7.19. The van der Waals surface area contributed by atoms with Gasteiger partial charge < -0.3 is 24.4 Å². The standard InChI is InChI=1S/C36H49N5O3S/c1-24-19-25(2)21-26(20-24)33-29(9-10-38-11-13-39(14-12-38)23-32(42)40-15-17-44-18-16-40)30-22-31(45-34(30)37-33)36(3,4)35(43)41-27-5-6-28(41)8-7-27/h19-22,27-28,37H,5-18,23H2,1-4H3. The number of amides is 2. The number of fused-ring (bicyclic) bond motifs is 3. The SMILES string of the molecule is Cc1cc(C)cc(-c2[nH]c3sc(C(C)(C)C(=O)N4C5CCC4CC5)cc3c2CCN2CCN(CC(=O)N3CCOCC3)CC2)c1. The Labute approximate surface area is 271 Å². The van der Waals surface area contributed by atoms with Gasteiger partial charge in [0.2, 0.25) is 11.8 Å². The molecule has 0 saturated carbocycles. The van der Waals surface area contributed by atoms with Crippen molar-refractivity contribution in [2.75, 3.05) is 65.6 Å². The number of hydrogen-bond donors (Lipinski definition) is 1. The minimum Gasteiger partial charge on any atom is -0.378 e. The fraction of sp³-hybridized carbons (Fsp3) is 0.611. The van der Waals surface area contributed by atoms with E-state index in [1.165, 1.54) is 63.8 Å². The maximum atomic E-state index is 14.0. The van der Waals surface area contributed by atoms with E-state index >= 15 is 0 Å². The fourth-order valence-electron chi connectivity index (χ4n) is 8.18. The number of hydrogen-bond acceptors (Lipinski definition) is 6. The Hall–Kier alpha value is -2.72. The highest BCUT2D eigenvalue weighted by Gasteiger charge is 2.47. The maximum Gasteiger partial charge on any atom is 0.236 e. The first-order chi connectivity index (χ1) is 21.7. The minimum atomic E-state index is -0.540. The second kappa shape index (κ2) is 12.5. The zero-order valence-corrected chi connectivity index (χ0v) is 28.3. The Morgan fingerprint density at radius 3 is 2.16 bits per heavy atom. The summed E-state index contributed by atoms with van der Waals surface area (Å²) in [4.78, 5) is 42.0. The third-order valence-electron chi connectivity index (χ3n) is 10.8. The number of rotatable bonds is 8. The summed E-state index contributed by atoms with van der Waals surface area (Å²) in [5, 5.41) is 1.27. The van der Waals surface area contributed by atoms with Crippen LogP contribution in [0, 0.1) is 13.8 Å². The summed E-state index contributed by atoms with van der Waals surface area (Å²) < 4.78 is 5.41. The molecule has 2 aromatic heterocycles.